The Bertz CT molecular complexity index is 754. The number of amides is 1. The zero-order chi connectivity index (χ0) is 20.4. The van der Waals surface area contributed by atoms with Gasteiger partial charge in [0.2, 0.25) is 5.91 Å². The van der Waals surface area contributed by atoms with Crippen LogP contribution >= 0.6 is 0 Å². The summed E-state index contributed by atoms with van der Waals surface area (Å²) in [7, 11) is 0. The summed E-state index contributed by atoms with van der Waals surface area (Å²) in [6.07, 6.45) is 6.88. The molecule has 2 rings (SSSR count). The van der Waals surface area contributed by atoms with Crippen LogP contribution in [0.25, 0.3) is 0 Å². The van der Waals surface area contributed by atoms with Crippen molar-refractivity contribution < 1.29 is 4.79 Å². The summed E-state index contributed by atoms with van der Waals surface area (Å²) in [4.78, 5) is 16.5. The lowest BCUT2D eigenvalue weighted by Gasteiger charge is -2.15. The minimum atomic E-state index is -0.124. The van der Waals surface area contributed by atoms with Crippen molar-refractivity contribution >= 4 is 17.6 Å². The van der Waals surface area contributed by atoms with E-state index in [1.165, 1.54) is 12.8 Å². The molecule has 0 aliphatic carbocycles. The molecule has 0 spiro atoms. The minimum Gasteiger partial charge on any atom is -0.370 e. The number of carbonyl (C=O) groups is 1. The first-order valence-electron chi connectivity index (χ1n) is 9.85. The molecular formula is C21H32N6O. The second-order valence-corrected chi connectivity index (χ2v) is 7.52. The Morgan fingerprint density at radius 3 is 2.79 bits per heavy atom. The number of rotatable bonds is 10. The predicted octanol–water partition coefficient (Wildman–Crippen LogP) is 3.14. The molecule has 152 valence electrons. The van der Waals surface area contributed by atoms with E-state index in [0.29, 0.717) is 18.5 Å². The molecular weight excluding hydrogens is 352 g/mol. The van der Waals surface area contributed by atoms with Gasteiger partial charge in [-0.1, -0.05) is 38.8 Å². The van der Waals surface area contributed by atoms with E-state index in [9.17, 15) is 4.79 Å². The number of hydrogen-bond acceptors (Lipinski definition) is 3. The first kappa shape index (κ1) is 21.5. The van der Waals surface area contributed by atoms with Crippen molar-refractivity contribution in [3.05, 3.63) is 48.3 Å². The lowest BCUT2D eigenvalue weighted by molar-refractivity contribution is -0.116. The molecule has 4 N–H and O–H groups in total. The molecule has 7 nitrogen and oxygen atoms in total. The molecule has 0 bridgehead atoms. The number of carbonyl (C=O) groups excluding carboxylic acids is 1. The van der Waals surface area contributed by atoms with E-state index < -0.39 is 0 Å². The molecule has 0 aliphatic heterocycles. The van der Waals surface area contributed by atoms with E-state index in [1.807, 2.05) is 24.3 Å². The van der Waals surface area contributed by atoms with Crippen molar-refractivity contribution in [1.82, 2.24) is 15.1 Å². The van der Waals surface area contributed by atoms with Crippen LogP contribution in [0.15, 0.2) is 47.7 Å². The lowest BCUT2D eigenvalue weighted by Crippen LogP contribution is -2.38. The Balaban J connectivity index is 1.81. The largest absolute Gasteiger partial charge is 0.370 e. The van der Waals surface area contributed by atoms with Crippen molar-refractivity contribution in [3.63, 3.8) is 0 Å². The predicted molar refractivity (Wildman–Crippen MR) is 114 cm³/mol. The van der Waals surface area contributed by atoms with Crippen LogP contribution in [0, 0.1) is 5.92 Å². The molecule has 1 heterocycles. The van der Waals surface area contributed by atoms with E-state index in [1.54, 1.807) is 23.1 Å². The summed E-state index contributed by atoms with van der Waals surface area (Å²) in [6.45, 7) is 7.24. The number of anilines is 1. The summed E-state index contributed by atoms with van der Waals surface area (Å²) >= 11 is 0. The maximum absolute atomic E-state index is 12.1. The third kappa shape index (κ3) is 8.24. The number of nitrogens with one attached hydrogen (secondary N) is 2. The van der Waals surface area contributed by atoms with Gasteiger partial charge in [0.05, 0.1) is 6.54 Å². The van der Waals surface area contributed by atoms with Crippen LogP contribution < -0.4 is 16.4 Å². The summed E-state index contributed by atoms with van der Waals surface area (Å²) < 4.78 is 1.58. The molecule has 0 radical (unpaired) electrons. The maximum Gasteiger partial charge on any atom is 0.246 e. The normalized spacial score (nSPS) is 12.8. The lowest BCUT2D eigenvalue weighted by atomic mass is 10.0. The molecule has 1 aromatic heterocycles. The van der Waals surface area contributed by atoms with E-state index in [0.717, 1.165) is 23.6 Å². The molecule has 0 saturated heterocycles. The number of aromatic nitrogens is 2. The van der Waals surface area contributed by atoms with Crippen molar-refractivity contribution in [1.29, 1.82) is 0 Å². The molecule has 7 heteroatoms. The quantitative estimate of drug-likeness (QED) is 0.433. The van der Waals surface area contributed by atoms with Gasteiger partial charge in [-0.2, -0.15) is 5.10 Å². The average molecular weight is 385 g/mol. The van der Waals surface area contributed by atoms with Gasteiger partial charge in [-0.25, -0.2) is 4.99 Å². The Hall–Kier alpha value is -2.83. The fraction of sp³-hybridized carbons (Fsp3) is 0.476. The zero-order valence-corrected chi connectivity index (χ0v) is 17.1. The van der Waals surface area contributed by atoms with E-state index in [-0.39, 0.29) is 12.5 Å². The van der Waals surface area contributed by atoms with Crippen molar-refractivity contribution in [2.75, 3.05) is 5.32 Å². The van der Waals surface area contributed by atoms with Gasteiger partial charge in [0.1, 0.15) is 6.54 Å². The molecule has 1 aromatic carbocycles. The highest BCUT2D eigenvalue weighted by Gasteiger charge is 2.06. The SMILES string of the molecule is CC(C)CCCC(C)NC(N)=NCc1cccc(NC(=O)Cn2cccn2)c1. The number of guanidine groups is 1. The maximum atomic E-state index is 12.1. The van der Waals surface area contributed by atoms with Gasteiger partial charge in [-0.15, -0.1) is 0 Å². The fourth-order valence-corrected chi connectivity index (χ4v) is 2.87. The van der Waals surface area contributed by atoms with Crippen molar-refractivity contribution in [3.8, 4) is 0 Å². The Morgan fingerprint density at radius 1 is 1.25 bits per heavy atom. The minimum absolute atomic E-state index is 0.124. The number of hydrogen-bond donors (Lipinski definition) is 3. The van der Waals surface area contributed by atoms with Gasteiger partial charge in [0, 0.05) is 24.1 Å². The Morgan fingerprint density at radius 2 is 2.07 bits per heavy atom. The van der Waals surface area contributed by atoms with Crippen LogP contribution in [0.2, 0.25) is 0 Å². The first-order chi connectivity index (χ1) is 13.4. The molecule has 1 atom stereocenters. The van der Waals surface area contributed by atoms with Gasteiger partial charge < -0.3 is 16.4 Å². The molecule has 1 amide bonds. The van der Waals surface area contributed by atoms with Gasteiger partial charge in [0.25, 0.3) is 0 Å². The van der Waals surface area contributed by atoms with Gasteiger partial charge >= 0.3 is 0 Å². The molecule has 28 heavy (non-hydrogen) atoms. The van der Waals surface area contributed by atoms with Crippen molar-refractivity contribution in [2.24, 2.45) is 16.6 Å². The topological polar surface area (TPSA) is 97.3 Å². The standard InChI is InChI=1S/C21H32N6O/c1-16(2)7-4-8-17(3)25-21(22)23-14-18-9-5-10-19(13-18)26-20(28)15-27-12-6-11-24-27/h5-6,9-13,16-17H,4,7-8,14-15H2,1-3H3,(H,26,28)(H3,22,23,25). The van der Waals surface area contributed by atoms with Crippen LogP contribution in [0.4, 0.5) is 5.69 Å². The summed E-state index contributed by atoms with van der Waals surface area (Å²) in [6, 6.07) is 9.71. The van der Waals surface area contributed by atoms with Crippen LogP contribution in [-0.2, 0) is 17.9 Å². The zero-order valence-electron chi connectivity index (χ0n) is 17.1. The highest BCUT2D eigenvalue weighted by Crippen LogP contribution is 2.12. The van der Waals surface area contributed by atoms with E-state index in [4.69, 9.17) is 5.73 Å². The third-order valence-corrected chi connectivity index (χ3v) is 4.32. The van der Waals surface area contributed by atoms with Gasteiger partial charge in [-0.05, 0) is 43.0 Å². The molecule has 0 saturated carbocycles. The second-order valence-electron chi connectivity index (χ2n) is 7.52. The van der Waals surface area contributed by atoms with E-state index >= 15 is 0 Å². The first-order valence-corrected chi connectivity index (χ1v) is 9.85. The van der Waals surface area contributed by atoms with Crippen LogP contribution in [0.1, 0.15) is 45.6 Å². The van der Waals surface area contributed by atoms with Crippen LogP contribution in [0.5, 0.6) is 0 Å². The van der Waals surface area contributed by atoms with Crippen LogP contribution in [0.3, 0.4) is 0 Å². The summed E-state index contributed by atoms with van der Waals surface area (Å²) in [5, 5.41) is 10.2. The van der Waals surface area contributed by atoms with Gasteiger partial charge in [-0.3, -0.25) is 9.48 Å². The smallest absolute Gasteiger partial charge is 0.246 e. The molecule has 0 aliphatic rings. The highest BCUT2D eigenvalue weighted by molar-refractivity contribution is 5.90. The number of aliphatic imine (C=N–C) groups is 1. The number of nitrogens with zero attached hydrogens (tertiary/aromatic N) is 3. The van der Waals surface area contributed by atoms with Crippen molar-refractivity contribution in [2.45, 2.75) is 59.2 Å². The third-order valence-electron chi connectivity index (χ3n) is 4.32. The van der Waals surface area contributed by atoms with Crippen LogP contribution in [-0.4, -0.2) is 27.7 Å². The summed E-state index contributed by atoms with van der Waals surface area (Å²) in [5.41, 5.74) is 7.72. The summed E-state index contributed by atoms with van der Waals surface area (Å²) in [5.74, 6) is 1.05. The van der Waals surface area contributed by atoms with E-state index in [2.05, 4.69) is 41.5 Å². The Kier molecular flexibility index (Phi) is 8.52. The monoisotopic (exact) mass is 384 g/mol. The molecule has 2 aromatic rings. The number of benzene rings is 1. The Labute approximate surface area is 167 Å². The fourth-order valence-electron chi connectivity index (χ4n) is 2.87. The average Bonchev–Trinajstić information content (AvgIpc) is 3.12. The molecule has 0 fully saturated rings. The second kappa shape index (κ2) is 11.1. The number of nitrogens with two attached hydrogens (primary N) is 1. The molecule has 1 unspecified atom stereocenters. The van der Waals surface area contributed by atoms with Gasteiger partial charge in [0.15, 0.2) is 5.96 Å². The highest BCUT2D eigenvalue weighted by atomic mass is 16.2.